The highest BCUT2D eigenvalue weighted by Gasteiger charge is 2.34. The molecule has 8 heteroatoms. The number of hydrogen-bond acceptors (Lipinski definition) is 6. The lowest BCUT2D eigenvalue weighted by molar-refractivity contribution is -0.140. The van der Waals surface area contributed by atoms with Crippen LogP contribution in [-0.4, -0.2) is 10.5 Å². The normalized spacial score (nSPS) is 15.7. The number of thiophene rings is 1. The minimum atomic E-state index is -0.630. The van der Waals surface area contributed by atoms with Crippen molar-refractivity contribution >= 4 is 34.7 Å². The number of aromatic nitrogens is 1. The molecule has 0 N–H and O–H groups in total. The lowest BCUT2D eigenvalue weighted by atomic mass is 10.0. The molecule has 0 saturated carbocycles. The smallest absolute Gasteiger partial charge is 0.338 e. The predicted molar refractivity (Wildman–Crippen MR) is 131 cm³/mol. The number of halogens is 1. The van der Waals surface area contributed by atoms with Crippen LogP contribution in [0.4, 0.5) is 4.39 Å². The lowest BCUT2D eigenvalue weighted by Gasteiger charge is -2.23. The maximum absolute atomic E-state index is 13.5. The maximum Gasteiger partial charge on any atom is 0.338 e. The van der Waals surface area contributed by atoms with Gasteiger partial charge in [0.2, 0.25) is 0 Å². The second kappa shape index (κ2) is 9.32. The molecule has 1 atom stereocenters. The molecule has 1 aliphatic rings. The molecule has 34 heavy (non-hydrogen) atoms. The summed E-state index contributed by atoms with van der Waals surface area (Å²) in [5.74, 6) is -0.845. The number of rotatable bonds is 5. The van der Waals surface area contributed by atoms with E-state index in [0.29, 0.717) is 26.2 Å². The molecule has 170 valence electrons. The van der Waals surface area contributed by atoms with Crippen molar-refractivity contribution in [2.45, 2.75) is 19.6 Å². The van der Waals surface area contributed by atoms with E-state index in [1.807, 2.05) is 47.8 Å². The van der Waals surface area contributed by atoms with Gasteiger partial charge in [0, 0.05) is 4.88 Å². The zero-order valence-electron chi connectivity index (χ0n) is 18.1. The first kappa shape index (κ1) is 22.2. The summed E-state index contributed by atoms with van der Waals surface area (Å²) in [6, 6.07) is 18.5. The Balaban J connectivity index is 1.58. The van der Waals surface area contributed by atoms with Crippen LogP contribution in [0.25, 0.3) is 6.08 Å². The summed E-state index contributed by atoms with van der Waals surface area (Å²) in [6.45, 7) is 1.89. The minimum Gasteiger partial charge on any atom is -0.457 e. The van der Waals surface area contributed by atoms with E-state index >= 15 is 0 Å². The van der Waals surface area contributed by atoms with Gasteiger partial charge >= 0.3 is 5.97 Å². The molecule has 3 heterocycles. The van der Waals surface area contributed by atoms with E-state index in [2.05, 4.69) is 4.99 Å². The van der Waals surface area contributed by atoms with E-state index in [1.54, 1.807) is 29.7 Å². The lowest BCUT2D eigenvalue weighted by Crippen LogP contribution is -2.39. The van der Waals surface area contributed by atoms with E-state index in [1.165, 1.54) is 34.8 Å². The second-order valence-electron chi connectivity index (χ2n) is 7.71. The van der Waals surface area contributed by atoms with E-state index in [9.17, 15) is 14.0 Å². The number of hydrogen-bond donors (Lipinski definition) is 0. The van der Waals surface area contributed by atoms with Crippen LogP contribution in [0.1, 0.15) is 29.0 Å². The zero-order chi connectivity index (χ0) is 23.7. The van der Waals surface area contributed by atoms with Gasteiger partial charge in [-0.3, -0.25) is 9.36 Å². The molecular formula is C26H19FN2O3S2. The summed E-state index contributed by atoms with van der Waals surface area (Å²) in [5.41, 5.74) is 2.19. The van der Waals surface area contributed by atoms with Crippen LogP contribution in [0.3, 0.4) is 0 Å². The van der Waals surface area contributed by atoms with Crippen molar-refractivity contribution in [3.63, 3.8) is 0 Å². The van der Waals surface area contributed by atoms with Gasteiger partial charge in [-0.25, -0.2) is 14.2 Å². The summed E-state index contributed by atoms with van der Waals surface area (Å²) in [4.78, 5) is 32.7. The number of benzene rings is 2. The summed E-state index contributed by atoms with van der Waals surface area (Å²) in [5, 5.41) is 1.91. The first-order valence-corrected chi connectivity index (χ1v) is 12.2. The van der Waals surface area contributed by atoms with Crippen molar-refractivity contribution < 1.29 is 13.9 Å². The average Bonchev–Trinajstić information content (AvgIpc) is 3.47. The Labute approximate surface area is 202 Å². The highest BCUT2D eigenvalue weighted by atomic mass is 32.1. The van der Waals surface area contributed by atoms with Gasteiger partial charge in [0.25, 0.3) is 5.56 Å². The Morgan fingerprint density at radius 3 is 2.59 bits per heavy atom. The van der Waals surface area contributed by atoms with Crippen molar-refractivity contribution in [2.75, 3.05) is 0 Å². The molecule has 1 unspecified atom stereocenters. The summed E-state index contributed by atoms with van der Waals surface area (Å²) >= 11 is 2.71. The third-order valence-electron chi connectivity index (χ3n) is 5.43. The monoisotopic (exact) mass is 490 g/mol. The molecule has 2 aromatic heterocycles. The third kappa shape index (κ3) is 4.30. The fourth-order valence-electron chi connectivity index (χ4n) is 3.81. The summed E-state index contributed by atoms with van der Waals surface area (Å²) in [7, 11) is 0. The number of fused-ring (bicyclic) bond motifs is 1. The molecule has 0 amide bonds. The number of allylic oxidation sites excluding steroid dienone is 1. The zero-order valence-corrected chi connectivity index (χ0v) is 19.7. The summed E-state index contributed by atoms with van der Waals surface area (Å²) < 4.78 is 20.9. The Bertz CT molecular complexity index is 1550. The minimum absolute atomic E-state index is 0.128. The fraction of sp³-hybridized carbons (Fsp3) is 0.115. The van der Waals surface area contributed by atoms with Crippen LogP contribution in [0.2, 0.25) is 0 Å². The van der Waals surface area contributed by atoms with Crippen LogP contribution in [0.5, 0.6) is 0 Å². The third-order valence-corrected chi connectivity index (χ3v) is 7.34. The molecule has 5 nitrogen and oxygen atoms in total. The van der Waals surface area contributed by atoms with E-state index in [-0.39, 0.29) is 18.0 Å². The van der Waals surface area contributed by atoms with Crippen LogP contribution in [-0.2, 0) is 16.1 Å². The first-order valence-electron chi connectivity index (χ1n) is 10.5. The Morgan fingerprint density at radius 2 is 1.88 bits per heavy atom. The molecule has 0 radical (unpaired) electrons. The molecule has 0 fully saturated rings. The van der Waals surface area contributed by atoms with Gasteiger partial charge in [-0.2, -0.15) is 0 Å². The van der Waals surface area contributed by atoms with Crippen molar-refractivity contribution in [1.82, 2.24) is 4.57 Å². The Hall–Kier alpha value is -3.62. The van der Waals surface area contributed by atoms with E-state index < -0.39 is 12.0 Å². The van der Waals surface area contributed by atoms with Gasteiger partial charge in [0.05, 0.1) is 15.8 Å². The van der Waals surface area contributed by atoms with Gasteiger partial charge in [0.1, 0.15) is 18.5 Å². The number of ether oxygens (including phenoxy) is 1. The molecule has 5 rings (SSSR count). The van der Waals surface area contributed by atoms with Crippen LogP contribution in [0, 0.1) is 5.82 Å². The largest absolute Gasteiger partial charge is 0.457 e. The van der Waals surface area contributed by atoms with E-state index in [4.69, 9.17) is 4.74 Å². The van der Waals surface area contributed by atoms with Crippen LogP contribution >= 0.6 is 22.7 Å². The number of nitrogens with zero attached hydrogens (tertiary/aromatic N) is 2. The van der Waals surface area contributed by atoms with Gasteiger partial charge in [-0.05, 0) is 47.7 Å². The van der Waals surface area contributed by atoms with Crippen molar-refractivity contribution in [3.05, 3.63) is 125 Å². The summed E-state index contributed by atoms with van der Waals surface area (Å²) in [6.07, 6.45) is 1.71. The molecular weight excluding hydrogens is 471 g/mol. The van der Waals surface area contributed by atoms with Gasteiger partial charge in [-0.1, -0.05) is 59.9 Å². The first-order chi connectivity index (χ1) is 16.5. The molecule has 0 bridgehead atoms. The molecule has 1 aliphatic heterocycles. The predicted octanol–water partition coefficient (Wildman–Crippen LogP) is 4.18. The van der Waals surface area contributed by atoms with Crippen molar-refractivity contribution in [1.29, 1.82) is 0 Å². The van der Waals surface area contributed by atoms with Crippen molar-refractivity contribution in [3.8, 4) is 0 Å². The highest BCUT2D eigenvalue weighted by Crippen LogP contribution is 2.33. The van der Waals surface area contributed by atoms with Gasteiger partial charge in [-0.15, -0.1) is 11.3 Å². The highest BCUT2D eigenvalue weighted by molar-refractivity contribution is 7.10. The SMILES string of the molecule is CC1=C(C(=O)OCc2ccccc2)C(c2cccs2)n2c(s/c(=C/c3ccc(F)cc3)c2=O)=N1. The van der Waals surface area contributed by atoms with E-state index in [0.717, 1.165) is 10.4 Å². The van der Waals surface area contributed by atoms with Crippen LogP contribution < -0.4 is 14.9 Å². The topological polar surface area (TPSA) is 60.7 Å². The quantitative estimate of drug-likeness (QED) is 0.395. The number of esters is 1. The number of carbonyl (C=O) groups is 1. The van der Waals surface area contributed by atoms with Crippen LogP contribution in [0.15, 0.2) is 93.2 Å². The molecule has 0 saturated heterocycles. The Kier molecular flexibility index (Phi) is 6.08. The molecule has 0 spiro atoms. The second-order valence-corrected chi connectivity index (χ2v) is 9.70. The molecule has 4 aromatic rings. The van der Waals surface area contributed by atoms with Gasteiger partial charge in [0.15, 0.2) is 4.80 Å². The molecule has 2 aromatic carbocycles. The standard InChI is InChI=1S/C26H19FN2O3S2/c1-16-22(25(31)32-15-18-6-3-2-4-7-18)23(20-8-5-13-33-20)29-24(30)21(34-26(29)28-16)14-17-9-11-19(27)12-10-17/h2-14,23H,15H2,1H3/b21-14+. The van der Waals surface area contributed by atoms with Gasteiger partial charge < -0.3 is 4.74 Å². The number of thiazole rings is 1. The maximum atomic E-state index is 13.5. The Morgan fingerprint density at radius 1 is 1.12 bits per heavy atom. The number of carbonyl (C=O) groups excluding carboxylic acids is 1. The molecule has 0 aliphatic carbocycles. The van der Waals surface area contributed by atoms with Crippen molar-refractivity contribution in [2.24, 2.45) is 4.99 Å². The average molecular weight is 491 g/mol. The fourth-order valence-corrected chi connectivity index (χ4v) is 5.68.